The number of carboxylic acids is 1. The van der Waals surface area contributed by atoms with Crippen molar-refractivity contribution in [2.45, 2.75) is 11.5 Å². The van der Waals surface area contributed by atoms with Crippen molar-refractivity contribution >= 4 is 21.8 Å². The van der Waals surface area contributed by atoms with E-state index in [-0.39, 0.29) is 34.5 Å². The fourth-order valence-electron chi connectivity index (χ4n) is 2.93. The van der Waals surface area contributed by atoms with Gasteiger partial charge in [-0.25, -0.2) is 13.2 Å². The number of nitrogens with zero attached hydrogens (tertiary/aromatic N) is 1. The van der Waals surface area contributed by atoms with Crippen LogP contribution in [0.1, 0.15) is 16.2 Å². The fraction of sp³-hybridized carbons (Fsp3) is 0.0435. The Hall–Kier alpha value is -4.11. The molecule has 0 aliphatic rings. The molecule has 4 aromatic rings. The molecule has 0 radical (unpaired) electrons. The molecule has 4 rings (SSSR count). The van der Waals surface area contributed by atoms with Crippen molar-refractivity contribution in [3.05, 3.63) is 96.4 Å². The SMILES string of the molecule is O=C(O)c1cccc(OCc2nc(NS(=O)(=O)c3ccccc3)c(-c3ccccc3)o2)c1. The number of oxazole rings is 1. The highest BCUT2D eigenvalue weighted by molar-refractivity contribution is 7.92. The Morgan fingerprint density at radius 3 is 2.34 bits per heavy atom. The number of hydrogen-bond acceptors (Lipinski definition) is 6. The molecule has 8 nitrogen and oxygen atoms in total. The molecule has 1 heterocycles. The van der Waals surface area contributed by atoms with Gasteiger partial charge >= 0.3 is 5.97 Å². The Morgan fingerprint density at radius 2 is 1.66 bits per heavy atom. The van der Waals surface area contributed by atoms with Crippen LogP contribution >= 0.6 is 0 Å². The number of carboxylic acid groups (broad SMARTS) is 1. The van der Waals surface area contributed by atoms with Crippen molar-refractivity contribution in [3.8, 4) is 17.1 Å². The quantitative estimate of drug-likeness (QED) is 0.408. The smallest absolute Gasteiger partial charge is 0.335 e. The molecule has 0 aliphatic carbocycles. The lowest BCUT2D eigenvalue weighted by Gasteiger charge is -2.06. The van der Waals surface area contributed by atoms with E-state index < -0.39 is 16.0 Å². The molecule has 0 saturated carbocycles. The highest BCUT2D eigenvalue weighted by Gasteiger charge is 2.22. The molecule has 1 aromatic heterocycles. The third-order valence-corrected chi connectivity index (χ3v) is 5.79. The van der Waals surface area contributed by atoms with Gasteiger partial charge in [0.2, 0.25) is 5.89 Å². The average molecular weight is 450 g/mol. The fourth-order valence-corrected chi connectivity index (χ4v) is 3.96. The van der Waals surface area contributed by atoms with Crippen molar-refractivity contribution in [1.29, 1.82) is 0 Å². The van der Waals surface area contributed by atoms with E-state index in [9.17, 15) is 13.2 Å². The number of hydrogen-bond donors (Lipinski definition) is 2. The molecule has 2 N–H and O–H groups in total. The normalized spacial score (nSPS) is 11.1. The highest BCUT2D eigenvalue weighted by Crippen LogP contribution is 2.31. The second-order valence-electron chi connectivity index (χ2n) is 6.69. The van der Waals surface area contributed by atoms with Gasteiger partial charge in [0, 0.05) is 5.56 Å². The van der Waals surface area contributed by atoms with E-state index >= 15 is 0 Å². The molecule has 0 amide bonds. The summed E-state index contributed by atoms with van der Waals surface area (Å²) < 4.78 is 39.5. The molecule has 3 aromatic carbocycles. The van der Waals surface area contributed by atoms with E-state index in [1.165, 1.54) is 24.3 Å². The Balaban J connectivity index is 1.63. The summed E-state index contributed by atoms with van der Waals surface area (Å²) in [6.07, 6.45) is 0. The number of sulfonamides is 1. The van der Waals surface area contributed by atoms with Crippen LogP contribution in [0.25, 0.3) is 11.3 Å². The Kier molecular flexibility index (Phi) is 5.91. The minimum absolute atomic E-state index is 0.0259. The van der Waals surface area contributed by atoms with Gasteiger partial charge in [0.05, 0.1) is 10.5 Å². The van der Waals surface area contributed by atoms with Crippen molar-refractivity contribution < 1.29 is 27.5 Å². The van der Waals surface area contributed by atoms with E-state index in [4.69, 9.17) is 14.3 Å². The summed E-state index contributed by atoms with van der Waals surface area (Å²) in [4.78, 5) is 15.5. The van der Waals surface area contributed by atoms with Gasteiger partial charge < -0.3 is 14.3 Å². The minimum Gasteiger partial charge on any atom is -0.484 e. The van der Waals surface area contributed by atoms with E-state index in [0.29, 0.717) is 11.3 Å². The second kappa shape index (κ2) is 8.94. The molecular formula is C23H18N2O6S. The van der Waals surface area contributed by atoms with Crippen LogP contribution in [0.15, 0.2) is 94.2 Å². The third-order valence-electron chi connectivity index (χ3n) is 4.44. The number of nitrogens with one attached hydrogen (secondary N) is 1. The average Bonchev–Trinajstić information content (AvgIpc) is 3.21. The van der Waals surface area contributed by atoms with Gasteiger partial charge in [-0.15, -0.1) is 0 Å². The number of benzene rings is 3. The molecule has 0 saturated heterocycles. The van der Waals surface area contributed by atoms with Crippen molar-refractivity contribution in [3.63, 3.8) is 0 Å². The summed E-state index contributed by atoms with van der Waals surface area (Å²) in [7, 11) is -3.89. The van der Waals surface area contributed by atoms with Gasteiger partial charge in [-0.2, -0.15) is 4.98 Å². The zero-order valence-electron chi connectivity index (χ0n) is 16.6. The number of aromatic nitrogens is 1. The lowest BCUT2D eigenvalue weighted by molar-refractivity contribution is 0.0696. The maximum atomic E-state index is 12.8. The molecule has 0 spiro atoms. The van der Waals surface area contributed by atoms with Crippen LogP contribution in [-0.2, 0) is 16.6 Å². The summed E-state index contributed by atoms with van der Waals surface area (Å²) in [5.74, 6) is -0.373. The highest BCUT2D eigenvalue weighted by atomic mass is 32.2. The van der Waals surface area contributed by atoms with Crippen molar-refractivity contribution in [2.24, 2.45) is 0 Å². The van der Waals surface area contributed by atoms with Crippen LogP contribution in [0.4, 0.5) is 5.82 Å². The number of carbonyl (C=O) groups is 1. The molecule has 0 fully saturated rings. The number of rotatable bonds is 8. The number of anilines is 1. The van der Waals surface area contributed by atoms with Crippen LogP contribution in [0.3, 0.4) is 0 Å². The standard InChI is InChI=1S/C23H18N2O6S/c26-23(27)17-10-7-11-18(14-17)30-15-20-24-22(21(31-20)16-8-3-1-4-9-16)25-32(28,29)19-12-5-2-6-13-19/h1-14,25H,15H2,(H,26,27). The molecule has 32 heavy (non-hydrogen) atoms. The summed E-state index contributed by atoms with van der Waals surface area (Å²) in [6.45, 7) is -0.129. The lowest BCUT2D eigenvalue weighted by Crippen LogP contribution is -2.13. The van der Waals surface area contributed by atoms with Gasteiger partial charge in [-0.3, -0.25) is 4.72 Å². The van der Waals surface area contributed by atoms with Crippen LogP contribution in [-0.4, -0.2) is 24.5 Å². The predicted octanol–water partition coefficient (Wildman–Crippen LogP) is 4.42. The van der Waals surface area contributed by atoms with Gasteiger partial charge in [-0.05, 0) is 30.3 Å². The summed E-state index contributed by atoms with van der Waals surface area (Å²) in [6, 6.07) is 22.9. The van der Waals surface area contributed by atoms with E-state index in [0.717, 1.165) is 0 Å². The zero-order chi connectivity index (χ0) is 22.6. The van der Waals surface area contributed by atoms with E-state index in [1.807, 2.05) is 6.07 Å². The Labute approximate surface area is 184 Å². The van der Waals surface area contributed by atoms with Gasteiger partial charge in [-0.1, -0.05) is 54.6 Å². The van der Waals surface area contributed by atoms with Crippen LogP contribution in [0, 0.1) is 0 Å². The zero-order valence-corrected chi connectivity index (χ0v) is 17.5. The monoisotopic (exact) mass is 450 g/mol. The molecular weight excluding hydrogens is 432 g/mol. The number of aromatic carboxylic acids is 1. The van der Waals surface area contributed by atoms with Crippen molar-refractivity contribution in [1.82, 2.24) is 4.98 Å². The first-order valence-electron chi connectivity index (χ1n) is 9.51. The molecule has 9 heteroatoms. The first-order valence-corrected chi connectivity index (χ1v) is 11.0. The van der Waals surface area contributed by atoms with E-state index in [1.54, 1.807) is 54.6 Å². The first kappa shape index (κ1) is 21.1. The topological polar surface area (TPSA) is 119 Å². The maximum Gasteiger partial charge on any atom is 0.335 e. The lowest BCUT2D eigenvalue weighted by atomic mass is 10.2. The summed E-state index contributed by atoms with van der Waals surface area (Å²) >= 11 is 0. The molecule has 0 aliphatic heterocycles. The molecule has 162 valence electrons. The van der Waals surface area contributed by atoms with Gasteiger partial charge in [0.25, 0.3) is 10.0 Å². The maximum absolute atomic E-state index is 12.8. The van der Waals surface area contributed by atoms with Crippen LogP contribution < -0.4 is 9.46 Å². The predicted molar refractivity (Wildman–Crippen MR) is 117 cm³/mol. The van der Waals surface area contributed by atoms with Gasteiger partial charge in [0.1, 0.15) is 5.75 Å². The molecule has 0 unspecified atom stereocenters. The van der Waals surface area contributed by atoms with Crippen LogP contribution in [0.5, 0.6) is 5.75 Å². The van der Waals surface area contributed by atoms with Crippen molar-refractivity contribution in [2.75, 3.05) is 4.72 Å². The first-order chi connectivity index (χ1) is 15.4. The van der Waals surface area contributed by atoms with Gasteiger partial charge in [0.15, 0.2) is 18.2 Å². The third kappa shape index (κ3) is 4.79. The minimum atomic E-state index is -3.89. The Bertz CT molecular complexity index is 1340. The number of ether oxygens (including phenoxy) is 1. The molecule has 0 atom stereocenters. The Morgan fingerprint density at radius 1 is 0.969 bits per heavy atom. The summed E-state index contributed by atoms with van der Waals surface area (Å²) in [5, 5.41) is 9.11. The van der Waals surface area contributed by atoms with E-state index in [2.05, 4.69) is 9.71 Å². The second-order valence-corrected chi connectivity index (χ2v) is 8.37. The largest absolute Gasteiger partial charge is 0.484 e. The molecule has 0 bridgehead atoms. The summed E-state index contributed by atoms with van der Waals surface area (Å²) in [5.41, 5.74) is 0.709. The van der Waals surface area contributed by atoms with Crippen LogP contribution in [0.2, 0.25) is 0 Å².